The Kier molecular flexibility index (Phi) is 8.28. The summed E-state index contributed by atoms with van der Waals surface area (Å²) in [5.41, 5.74) is 1.19. The molecule has 1 amide bonds. The van der Waals surface area contributed by atoms with Gasteiger partial charge in [-0.3, -0.25) is 14.7 Å². The highest BCUT2D eigenvalue weighted by Crippen LogP contribution is 2.25. The Morgan fingerprint density at radius 3 is 2.50 bits per heavy atom. The molecular weight excluding hydrogens is 348 g/mol. The quantitative estimate of drug-likeness (QED) is 0.778. The van der Waals surface area contributed by atoms with Gasteiger partial charge < -0.3 is 10.2 Å². The van der Waals surface area contributed by atoms with Crippen molar-refractivity contribution in [2.45, 2.75) is 89.9 Å². The van der Waals surface area contributed by atoms with E-state index in [1.165, 1.54) is 50.5 Å². The molecule has 0 spiro atoms. The Hall–Kier alpha value is -1.46. The monoisotopic (exact) mass is 386 g/mol. The summed E-state index contributed by atoms with van der Waals surface area (Å²) < 4.78 is 0. The number of aromatic nitrogens is 1. The molecule has 1 aliphatic heterocycles. The zero-order chi connectivity index (χ0) is 19.8. The molecule has 2 atom stereocenters. The minimum atomic E-state index is -0.0221. The van der Waals surface area contributed by atoms with Gasteiger partial charge in [0.05, 0.1) is 6.04 Å². The molecule has 0 aromatic carbocycles. The van der Waals surface area contributed by atoms with E-state index >= 15 is 0 Å². The van der Waals surface area contributed by atoms with Crippen LogP contribution in [0.5, 0.6) is 0 Å². The van der Waals surface area contributed by atoms with Crippen LogP contribution in [-0.2, 0) is 11.3 Å². The average molecular weight is 387 g/mol. The van der Waals surface area contributed by atoms with Crippen LogP contribution in [0.2, 0.25) is 0 Å². The van der Waals surface area contributed by atoms with E-state index in [9.17, 15) is 4.79 Å². The van der Waals surface area contributed by atoms with Gasteiger partial charge >= 0.3 is 0 Å². The van der Waals surface area contributed by atoms with Gasteiger partial charge in [0.25, 0.3) is 0 Å². The lowest BCUT2D eigenvalue weighted by Gasteiger charge is -2.28. The van der Waals surface area contributed by atoms with Gasteiger partial charge in [0.1, 0.15) is 0 Å². The summed E-state index contributed by atoms with van der Waals surface area (Å²) in [6, 6.07) is 5.10. The highest BCUT2D eigenvalue weighted by atomic mass is 16.2. The van der Waals surface area contributed by atoms with E-state index < -0.39 is 0 Å². The number of rotatable bonds is 7. The van der Waals surface area contributed by atoms with E-state index in [-0.39, 0.29) is 11.9 Å². The first-order valence-electron chi connectivity index (χ1n) is 11.4. The van der Waals surface area contributed by atoms with Gasteiger partial charge in [0.2, 0.25) is 5.91 Å². The fraction of sp³-hybridized carbons (Fsp3) is 0.739. The summed E-state index contributed by atoms with van der Waals surface area (Å²) in [5, 5.41) is 3.93. The topological polar surface area (TPSA) is 48.5 Å². The number of nitrogens with zero attached hydrogens (tertiary/aromatic N) is 3. The van der Waals surface area contributed by atoms with Gasteiger partial charge in [-0.1, -0.05) is 38.2 Å². The summed E-state index contributed by atoms with van der Waals surface area (Å²) in [6.45, 7) is 7.47. The lowest BCUT2D eigenvalue weighted by Crippen LogP contribution is -2.45. The normalized spacial score (nSPS) is 24.6. The van der Waals surface area contributed by atoms with Crippen LogP contribution >= 0.6 is 0 Å². The minimum Gasteiger partial charge on any atom is -0.342 e. The van der Waals surface area contributed by atoms with E-state index in [4.69, 9.17) is 0 Å². The molecule has 1 aliphatic carbocycles. The van der Waals surface area contributed by atoms with Crippen molar-refractivity contribution in [1.29, 1.82) is 0 Å². The highest BCUT2D eigenvalue weighted by Gasteiger charge is 2.38. The molecule has 5 nitrogen and oxygen atoms in total. The van der Waals surface area contributed by atoms with Gasteiger partial charge in [-0.2, -0.15) is 0 Å². The second-order valence-corrected chi connectivity index (χ2v) is 8.46. The molecule has 0 radical (unpaired) electrons. The zero-order valence-electron chi connectivity index (χ0n) is 17.8. The van der Waals surface area contributed by atoms with Crippen molar-refractivity contribution in [3.8, 4) is 0 Å². The second kappa shape index (κ2) is 10.9. The molecule has 1 saturated carbocycles. The van der Waals surface area contributed by atoms with Gasteiger partial charge in [0.15, 0.2) is 0 Å². The summed E-state index contributed by atoms with van der Waals surface area (Å²) in [4.78, 5) is 21.8. The van der Waals surface area contributed by atoms with Crippen LogP contribution in [-0.4, -0.2) is 58.5 Å². The van der Waals surface area contributed by atoms with Crippen LogP contribution < -0.4 is 5.32 Å². The fourth-order valence-corrected chi connectivity index (χ4v) is 4.88. The molecule has 2 heterocycles. The van der Waals surface area contributed by atoms with E-state index in [2.05, 4.69) is 35.1 Å². The molecule has 0 unspecified atom stereocenters. The number of nitrogens with one attached hydrogen (secondary N) is 1. The third kappa shape index (κ3) is 5.77. The van der Waals surface area contributed by atoms with E-state index in [0.717, 1.165) is 32.6 Å². The molecule has 2 fully saturated rings. The SMILES string of the molecule is CCN(CC)C(=O)[C@@H]1C[C@@H](NC2CCCCCCC2)CN1Cc1cccnc1. The van der Waals surface area contributed by atoms with E-state index in [1.54, 1.807) is 0 Å². The van der Waals surface area contributed by atoms with Crippen molar-refractivity contribution < 1.29 is 4.79 Å². The fourth-order valence-electron chi connectivity index (χ4n) is 4.88. The molecule has 28 heavy (non-hydrogen) atoms. The molecule has 1 aromatic heterocycles. The number of carbonyl (C=O) groups excluding carboxylic acids is 1. The summed E-state index contributed by atoms with van der Waals surface area (Å²) in [5.74, 6) is 0.288. The maximum absolute atomic E-state index is 13.2. The molecule has 1 N–H and O–H groups in total. The smallest absolute Gasteiger partial charge is 0.239 e. The number of likely N-dealkylation sites (N-methyl/N-ethyl adjacent to an activating group) is 1. The van der Waals surface area contributed by atoms with Crippen LogP contribution in [0.25, 0.3) is 0 Å². The molecule has 0 bridgehead atoms. The van der Waals surface area contributed by atoms with E-state index in [0.29, 0.717) is 12.1 Å². The number of amides is 1. The van der Waals surface area contributed by atoms with Crippen molar-refractivity contribution in [1.82, 2.24) is 20.1 Å². The lowest BCUT2D eigenvalue weighted by atomic mass is 9.96. The van der Waals surface area contributed by atoms with Crippen LogP contribution in [0.4, 0.5) is 0 Å². The molecular formula is C23H38N4O. The first kappa shape index (κ1) is 21.3. The first-order valence-corrected chi connectivity index (χ1v) is 11.4. The van der Waals surface area contributed by atoms with Crippen LogP contribution in [0.15, 0.2) is 24.5 Å². The molecule has 5 heteroatoms. The Balaban J connectivity index is 1.67. The largest absolute Gasteiger partial charge is 0.342 e. The Morgan fingerprint density at radius 2 is 1.86 bits per heavy atom. The predicted molar refractivity (Wildman–Crippen MR) is 114 cm³/mol. The third-order valence-electron chi connectivity index (χ3n) is 6.45. The third-order valence-corrected chi connectivity index (χ3v) is 6.45. The van der Waals surface area contributed by atoms with Crippen molar-refractivity contribution in [3.05, 3.63) is 30.1 Å². The summed E-state index contributed by atoms with van der Waals surface area (Å²) in [6.07, 6.45) is 14.1. The van der Waals surface area contributed by atoms with Crippen molar-refractivity contribution >= 4 is 5.91 Å². The predicted octanol–water partition coefficient (Wildman–Crippen LogP) is 3.60. The molecule has 3 rings (SSSR count). The minimum absolute atomic E-state index is 0.0221. The van der Waals surface area contributed by atoms with E-state index in [1.807, 2.05) is 23.4 Å². The van der Waals surface area contributed by atoms with Crippen molar-refractivity contribution in [3.63, 3.8) is 0 Å². The van der Waals surface area contributed by atoms with Gasteiger partial charge in [-0.15, -0.1) is 0 Å². The number of pyridine rings is 1. The maximum atomic E-state index is 13.2. The molecule has 2 aliphatic rings. The van der Waals surface area contributed by atoms with Gasteiger partial charge in [-0.05, 0) is 44.7 Å². The number of hydrogen-bond donors (Lipinski definition) is 1. The summed E-state index contributed by atoms with van der Waals surface area (Å²) in [7, 11) is 0. The maximum Gasteiger partial charge on any atom is 0.239 e. The van der Waals surface area contributed by atoms with Crippen molar-refractivity contribution in [2.75, 3.05) is 19.6 Å². The average Bonchev–Trinajstić information content (AvgIpc) is 3.07. The van der Waals surface area contributed by atoms with Crippen LogP contribution in [0.3, 0.4) is 0 Å². The zero-order valence-corrected chi connectivity index (χ0v) is 17.8. The Bertz CT molecular complexity index is 582. The second-order valence-electron chi connectivity index (χ2n) is 8.46. The first-order chi connectivity index (χ1) is 13.7. The summed E-state index contributed by atoms with van der Waals surface area (Å²) >= 11 is 0. The Labute approximate surface area is 170 Å². The van der Waals surface area contributed by atoms with Crippen LogP contribution in [0, 0.1) is 0 Å². The standard InChI is InChI=1S/C23H38N4O/c1-3-26(4-2)23(28)22-15-21(25-20-12-8-6-5-7-9-13-20)18-27(22)17-19-11-10-14-24-16-19/h10-11,14,16,20-22,25H,3-9,12-13,15,17-18H2,1-2H3/t21-,22+/m1/s1. The number of carbonyl (C=O) groups is 1. The van der Waals surface area contributed by atoms with Crippen molar-refractivity contribution in [2.24, 2.45) is 0 Å². The molecule has 1 aromatic rings. The van der Waals surface area contributed by atoms with Gasteiger partial charge in [0, 0.05) is 50.7 Å². The lowest BCUT2D eigenvalue weighted by molar-refractivity contribution is -0.135. The van der Waals surface area contributed by atoms with Gasteiger partial charge in [-0.25, -0.2) is 0 Å². The number of hydrogen-bond acceptors (Lipinski definition) is 4. The number of likely N-dealkylation sites (tertiary alicyclic amines) is 1. The van der Waals surface area contributed by atoms with Crippen LogP contribution in [0.1, 0.15) is 70.8 Å². The molecule has 1 saturated heterocycles. The molecule has 156 valence electrons. The Morgan fingerprint density at radius 1 is 1.14 bits per heavy atom. The highest BCUT2D eigenvalue weighted by molar-refractivity contribution is 5.82.